The van der Waals surface area contributed by atoms with E-state index in [1.165, 1.54) is 19.1 Å². The van der Waals surface area contributed by atoms with Crippen LogP contribution in [0.1, 0.15) is 31.7 Å². The topological polar surface area (TPSA) is 84.8 Å². The molecular formula is C20H29F2N3O3S. The van der Waals surface area contributed by atoms with Crippen LogP contribution in [0.3, 0.4) is 0 Å². The molecule has 1 fully saturated rings. The fourth-order valence-corrected chi connectivity index (χ4v) is 4.29. The molecular weight excluding hydrogens is 400 g/mol. The first-order valence-electron chi connectivity index (χ1n) is 9.33. The third kappa shape index (κ3) is 6.25. The summed E-state index contributed by atoms with van der Waals surface area (Å²) in [4.78, 5) is 1.65. The van der Waals surface area contributed by atoms with E-state index in [9.17, 15) is 18.1 Å². The summed E-state index contributed by atoms with van der Waals surface area (Å²) in [6, 6.07) is 4.55. The number of nitrogens with zero attached hydrogens (tertiary/aromatic N) is 1. The molecule has 1 saturated carbocycles. The van der Waals surface area contributed by atoms with Crippen molar-refractivity contribution in [2.45, 2.75) is 44.0 Å². The number of aryl methyl sites for hydroxylation is 1. The van der Waals surface area contributed by atoms with Gasteiger partial charge in [-0.25, -0.2) is 13.0 Å². The van der Waals surface area contributed by atoms with Gasteiger partial charge in [-0.3, -0.25) is 0 Å². The molecule has 0 heterocycles. The zero-order valence-electron chi connectivity index (χ0n) is 17.1. The van der Waals surface area contributed by atoms with Gasteiger partial charge in [-0.15, -0.1) is 0 Å². The molecule has 4 N–H and O–H groups in total. The molecule has 0 aromatic heterocycles. The van der Waals surface area contributed by atoms with Gasteiger partial charge in [0.2, 0.25) is 0 Å². The zero-order valence-corrected chi connectivity index (χ0v) is 17.9. The third-order valence-electron chi connectivity index (χ3n) is 4.61. The number of hydrogen-bond donors (Lipinski definition) is 4. The number of rotatable bonds is 10. The van der Waals surface area contributed by atoms with Crippen molar-refractivity contribution in [3.05, 3.63) is 53.0 Å². The lowest BCUT2D eigenvalue weighted by atomic mass is 10.2. The SMILES string of the molecule is C/C(F)=C(Nc1ccc(C)cc1F)\C(=C/N(C)C)NS(=O)C1(CC(O)CO)CC1. The lowest BCUT2D eigenvalue weighted by Gasteiger charge is -2.23. The standard InChI is InChI=1S/C20H29F2N3O3S/c1-13-5-6-17(16(22)9-13)23-19(14(2)21)18(11-25(3)4)24-29(28)20(7-8-20)10-15(27)12-26/h5-6,9,11,15,23-24,26-27H,7-8,10,12H2,1-4H3/b18-11+,19-14-. The molecule has 0 spiro atoms. The minimum absolute atomic E-state index is 0.0340. The summed E-state index contributed by atoms with van der Waals surface area (Å²) in [7, 11) is 1.81. The molecule has 2 unspecified atom stereocenters. The number of halogens is 2. The highest BCUT2D eigenvalue weighted by Gasteiger charge is 2.50. The lowest BCUT2D eigenvalue weighted by molar-refractivity contribution is 0.0861. The molecule has 1 aliphatic carbocycles. The molecule has 0 aliphatic heterocycles. The highest BCUT2D eigenvalue weighted by atomic mass is 32.2. The maximum Gasteiger partial charge on any atom is 0.146 e. The van der Waals surface area contributed by atoms with Crippen LogP contribution in [0, 0.1) is 12.7 Å². The minimum Gasteiger partial charge on any atom is -0.394 e. The molecule has 0 saturated heterocycles. The van der Waals surface area contributed by atoms with Crippen LogP contribution >= 0.6 is 0 Å². The van der Waals surface area contributed by atoms with E-state index in [1.54, 1.807) is 38.2 Å². The highest BCUT2D eigenvalue weighted by Crippen LogP contribution is 2.45. The molecule has 0 radical (unpaired) electrons. The fourth-order valence-electron chi connectivity index (χ4n) is 2.90. The predicted molar refractivity (Wildman–Crippen MR) is 111 cm³/mol. The maximum atomic E-state index is 14.4. The summed E-state index contributed by atoms with van der Waals surface area (Å²) in [5, 5.41) is 21.6. The van der Waals surface area contributed by atoms with Crippen molar-refractivity contribution in [1.82, 2.24) is 9.62 Å². The van der Waals surface area contributed by atoms with Gasteiger partial charge < -0.3 is 25.2 Å². The summed E-state index contributed by atoms with van der Waals surface area (Å²) >= 11 is 0. The maximum absolute atomic E-state index is 14.4. The Hall–Kier alpha value is -1.97. The van der Waals surface area contributed by atoms with E-state index < -0.39 is 40.1 Å². The van der Waals surface area contributed by atoms with Crippen LogP contribution in [0.15, 0.2) is 41.6 Å². The van der Waals surface area contributed by atoms with Crippen molar-refractivity contribution < 1.29 is 23.2 Å². The lowest BCUT2D eigenvalue weighted by Crippen LogP contribution is -2.35. The average molecular weight is 430 g/mol. The first kappa shape index (κ1) is 23.3. The number of aliphatic hydroxyl groups is 2. The first-order chi connectivity index (χ1) is 13.6. The Morgan fingerprint density at radius 3 is 2.55 bits per heavy atom. The summed E-state index contributed by atoms with van der Waals surface area (Å²) in [5.74, 6) is -1.14. The Balaban J connectivity index is 2.29. The van der Waals surface area contributed by atoms with Crippen molar-refractivity contribution >= 4 is 16.7 Å². The van der Waals surface area contributed by atoms with Crippen molar-refractivity contribution in [3.63, 3.8) is 0 Å². The molecule has 2 atom stereocenters. The normalized spacial score (nSPS) is 18.6. The fraction of sp³-hybridized carbons (Fsp3) is 0.500. The van der Waals surface area contributed by atoms with Gasteiger partial charge in [0.05, 0.1) is 34.5 Å². The Labute approximate surface area is 172 Å². The van der Waals surface area contributed by atoms with E-state index >= 15 is 0 Å². The van der Waals surface area contributed by atoms with Crippen LogP contribution in [0.2, 0.25) is 0 Å². The minimum atomic E-state index is -1.64. The highest BCUT2D eigenvalue weighted by molar-refractivity contribution is 7.85. The third-order valence-corrected chi connectivity index (χ3v) is 6.37. The summed E-state index contributed by atoms with van der Waals surface area (Å²) in [6.07, 6.45) is 1.99. The van der Waals surface area contributed by atoms with Gasteiger partial charge in [-0.1, -0.05) is 6.07 Å². The van der Waals surface area contributed by atoms with Gasteiger partial charge in [0.1, 0.15) is 22.6 Å². The monoisotopic (exact) mass is 429 g/mol. The van der Waals surface area contributed by atoms with Crippen LogP contribution in [0.4, 0.5) is 14.5 Å². The zero-order chi connectivity index (χ0) is 21.8. The second kappa shape index (κ2) is 9.69. The van der Waals surface area contributed by atoms with Crippen LogP contribution in [0.5, 0.6) is 0 Å². The molecule has 0 amide bonds. The van der Waals surface area contributed by atoms with E-state index in [0.717, 1.165) is 5.56 Å². The smallest absolute Gasteiger partial charge is 0.146 e. The molecule has 2 rings (SSSR count). The molecule has 1 aromatic carbocycles. The van der Waals surface area contributed by atoms with Crippen LogP contribution in [-0.4, -0.2) is 50.9 Å². The number of benzene rings is 1. The average Bonchev–Trinajstić information content (AvgIpc) is 3.40. The van der Waals surface area contributed by atoms with Crippen molar-refractivity contribution in [3.8, 4) is 0 Å². The number of allylic oxidation sites excluding steroid dienone is 1. The van der Waals surface area contributed by atoms with Gasteiger partial charge in [-0.05, 0) is 50.8 Å². The Morgan fingerprint density at radius 1 is 1.41 bits per heavy atom. The van der Waals surface area contributed by atoms with E-state index in [-0.39, 0.29) is 23.5 Å². The molecule has 162 valence electrons. The summed E-state index contributed by atoms with van der Waals surface area (Å²) in [6.45, 7) is 2.56. The first-order valence-corrected chi connectivity index (χ1v) is 10.5. The number of nitrogens with one attached hydrogen (secondary N) is 2. The quantitative estimate of drug-likeness (QED) is 0.430. The Kier molecular flexibility index (Phi) is 7.79. The van der Waals surface area contributed by atoms with Crippen LogP contribution in [0.25, 0.3) is 0 Å². The predicted octanol–water partition coefficient (Wildman–Crippen LogP) is 2.68. The van der Waals surface area contributed by atoms with E-state index in [0.29, 0.717) is 12.8 Å². The van der Waals surface area contributed by atoms with Gasteiger partial charge in [-0.2, -0.15) is 0 Å². The van der Waals surface area contributed by atoms with E-state index in [4.69, 9.17) is 5.11 Å². The summed E-state index contributed by atoms with van der Waals surface area (Å²) < 4.78 is 43.8. The second-order valence-corrected chi connectivity index (χ2v) is 9.23. The molecule has 0 bridgehead atoms. The van der Waals surface area contributed by atoms with Crippen LogP contribution < -0.4 is 10.0 Å². The van der Waals surface area contributed by atoms with Gasteiger partial charge >= 0.3 is 0 Å². The van der Waals surface area contributed by atoms with Gasteiger partial charge in [0.15, 0.2) is 0 Å². The van der Waals surface area contributed by atoms with Gasteiger partial charge in [0.25, 0.3) is 0 Å². The van der Waals surface area contributed by atoms with Gasteiger partial charge in [0, 0.05) is 20.3 Å². The Morgan fingerprint density at radius 2 is 2.07 bits per heavy atom. The van der Waals surface area contributed by atoms with Crippen molar-refractivity contribution in [1.29, 1.82) is 0 Å². The second-order valence-electron chi connectivity index (χ2n) is 7.62. The van der Waals surface area contributed by atoms with Crippen LogP contribution in [-0.2, 0) is 11.0 Å². The van der Waals surface area contributed by atoms with E-state index in [1.807, 2.05) is 0 Å². The molecule has 6 nitrogen and oxygen atoms in total. The molecule has 9 heteroatoms. The number of anilines is 1. The summed E-state index contributed by atoms with van der Waals surface area (Å²) in [5.41, 5.74) is 0.986. The van der Waals surface area contributed by atoms with Crippen molar-refractivity contribution in [2.75, 3.05) is 26.0 Å². The molecule has 1 aliphatic rings. The van der Waals surface area contributed by atoms with E-state index in [2.05, 4.69) is 10.0 Å². The number of aliphatic hydroxyl groups excluding tert-OH is 2. The Bertz CT molecular complexity index is 819. The molecule has 1 aromatic rings. The number of hydrogen-bond acceptors (Lipinski definition) is 5. The largest absolute Gasteiger partial charge is 0.394 e. The molecule has 29 heavy (non-hydrogen) atoms. The van der Waals surface area contributed by atoms with Crippen molar-refractivity contribution in [2.24, 2.45) is 0 Å².